The largest absolute Gasteiger partial charge is 0.444 e. The summed E-state index contributed by atoms with van der Waals surface area (Å²) in [4.78, 5) is 42.4. The number of aromatic nitrogens is 4. The van der Waals surface area contributed by atoms with Crippen molar-refractivity contribution in [2.45, 2.75) is 90.3 Å². The van der Waals surface area contributed by atoms with Gasteiger partial charge in [-0.2, -0.15) is 13.2 Å². The van der Waals surface area contributed by atoms with Crippen LogP contribution in [0.4, 0.5) is 34.5 Å². The van der Waals surface area contributed by atoms with E-state index in [1.165, 1.54) is 23.2 Å². The van der Waals surface area contributed by atoms with Gasteiger partial charge in [0.05, 0.1) is 24.3 Å². The van der Waals surface area contributed by atoms with Crippen LogP contribution in [0.15, 0.2) is 24.5 Å². The fourth-order valence-corrected chi connectivity index (χ4v) is 5.21. The zero-order valence-corrected chi connectivity index (χ0v) is 28.8. The number of hydrogen-bond acceptors (Lipinski definition) is 10. The topological polar surface area (TPSA) is 137 Å². The van der Waals surface area contributed by atoms with E-state index in [-0.39, 0.29) is 40.4 Å². The number of pyridine rings is 1. The van der Waals surface area contributed by atoms with Crippen molar-refractivity contribution < 1.29 is 37.0 Å². The third-order valence-electron chi connectivity index (χ3n) is 7.41. The molecule has 0 saturated heterocycles. The van der Waals surface area contributed by atoms with Crippen LogP contribution in [0.5, 0.6) is 0 Å². The Labute approximate surface area is 283 Å². The first-order chi connectivity index (χ1) is 22.8. The maximum atomic E-state index is 14.3. The van der Waals surface area contributed by atoms with E-state index in [2.05, 4.69) is 30.4 Å². The summed E-state index contributed by atoms with van der Waals surface area (Å²) in [7, 11) is 1.65. The fourth-order valence-electron chi connectivity index (χ4n) is 5.21. The first kappa shape index (κ1) is 37.3. The van der Waals surface area contributed by atoms with Crippen molar-refractivity contribution in [1.29, 1.82) is 0 Å². The van der Waals surface area contributed by atoms with Crippen LogP contribution in [-0.4, -0.2) is 93.2 Å². The predicted octanol–water partition coefficient (Wildman–Crippen LogP) is 6.65. The Hall–Kier alpha value is -4.49. The van der Waals surface area contributed by atoms with Gasteiger partial charge in [0.2, 0.25) is 11.6 Å². The van der Waals surface area contributed by atoms with Crippen LogP contribution in [0.25, 0.3) is 27.1 Å². The van der Waals surface area contributed by atoms with Crippen LogP contribution in [0.1, 0.15) is 66.4 Å². The molecule has 16 heteroatoms. The lowest BCUT2D eigenvalue weighted by Gasteiger charge is -2.24. The maximum absolute atomic E-state index is 14.3. The number of halogens is 3. The van der Waals surface area contributed by atoms with Gasteiger partial charge in [-0.15, -0.1) is 4.98 Å². The van der Waals surface area contributed by atoms with E-state index in [9.17, 15) is 22.8 Å². The zero-order valence-electron chi connectivity index (χ0n) is 28.8. The number of carbonyl (C=O) groups is 2. The first-order valence-corrected chi connectivity index (χ1v) is 15.9. The van der Waals surface area contributed by atoms with Gasteiger partial charge in [0.25, 0.3) is 5.82 Å². The Kier molecular flexibility index (Phi) is 11.4. The van der Waals surface area contributed by atoms with Gasteiger partial charge in [0.1, 0.15) is 16.8 Å². The molecule has 3 heterocycles. The summed E-state index contributed by atoms with van der Waals surface area (Å²) < 4.78 is 60.2. The van der Waals surface area contributed by atoms with Gasteiger partial charge in [-0.25, -0.2) is 24.1 Å². The monoisotopic (exact) mass is 688 g/mol. The second-order valence-electron chi connectivity index (χ2n) is 13.8. The smallest absolute Gasteiger partial charge is 0.421 e. The Morgan fingerprint density at radius 3 is 2.39 bits per heavy atom. The molecular formula is C33H43F3N8O5. The van der Waals surface area contributed by atoms with Gasteiger partial charge in [0, 0.05) is 50.2 Å². The van der Waals surface area contributed by atoms with E-state index in [0.717, 1.165) is 23.6 Å². The number of likely N-dealkylation sites (N-methyl/N-ethyl adjacent to an activating group) is 1. The highest BCUT2D eigenvalue weighted by Gasteiger charge is 2.37. The van der Waals surface area contributed by atoms with Gasteiger partial charge in [-0.05, 0) is 66.9 Å². The molecule has 3 aromatic rings. The van der Waals surface area contributed by atoms with Crippen molar-refractivity contribution in [3.63, 3.8) is 0 Å². The molecule has 2 N–H and O–H groups in total. The average Bonchev–Trinajstić information content (AvgIpc) is 3.60. The summed E-state index contributed by atoms with van der Waals surface area (Å²) in [6.45, 7) is 19.5. The van der Waals surface area contributed by atoms with E-state index in [0.29, 0.717) is 32.7 Å². The second kappa shape index (κ2) is 15.0. The molecule has 0 spiro atoms. The van der Waals surface area contributed by atoms with Crippen molar-refractivity contribution in [2.75, 3.05) is 38.7 Å². The van der Waals surface area contributed by atoms with Crippen molar-refractivity contribution in [3.05, 3.63) is 41.5 Å². The Morgan fingerprint density at radius 1 is 1.04 bits per heavy atom. The summed E-state index contributed by atoms with van der Waals surface area (Å²) >= 11 is 0. The zero-order chi connectivity index (χ0) is 36.1. The van der Waals surface area contributed by atoms with E-state index in [1.807, 2.05) is 0 Å². The highest BCUT2D eigenvalue weighted by atomic mass is 19.4. The Balaban J connectivity index is 1.43. The molecule has 49 heavy (non-hydrogen) atoms. The van der Waals surface area contributed by atoms with E-state index in [1.54, 1.807) is 48.6 Å². The molecule has 1 amide bonds. The molecule has 266 valence electrons. The SMILES string of the molecule is [C-]#[N+]c1ccc2c(-c3nc(N[C@H]4CC[C@H](NCCOCCN(C)C(=O)OC(C)(C)C)C4)ncc3C(F)(F)F)cn(C(=O)OC(C)(C)C)c2n1. The van der Waals surface area contributed by atoms with Gasteiger partial charge in [-0.1, -0.05) is 12.6 Å². The number of alkyl halides is 3. The van der Waals surface area contributed by atoms with Crippen LogP contribution < -0.4 is 10.6 Å². The second-order valence-corrected chi connectivity index (χ2v) is 13.8. The minimum absolute atomic E-state index is 0.00841. The Bertz CT molecular complexity index is 1690. The molecule has 1 fully saturated rings. The number of rotatable bonds is 10. The lowest BCUT2D eigenvalue weighted by molar-refractivity contribution is -0.137. The van der Waals surface area contributed by atoms with Crippen molar-refractivity contribution in [1.82, 2.24) is 29.7 Å². The highest BCUT2D eigenvalue weighted by molar-refractivity contribution is 5.99. The number of anilines is 1. The molecule has 0 bridgehead atoms. The fraction of sp³-hybridized carbons (Fsp3) is 0.576. The molecule has 0 aliphatic heterocycles. The highest BCUT2D eigenvalue weighted by Crippen LogP contribution is 2.40. The average molecular weight is 689 g/mol. The van der Waals surface area contributed by atoms with Crippen LogP contribution in [-0.2, 0) is 20.4 Å². The standard InChI is InChI=1S/C33H43F3N8O5/c1-31(2,3)48-29(45)43(8)14-16-47-15-13-38-20-9-10-21(17-20)40-28-39-18-24(33(34,35)36)26(42-28)23-19-44(30(46)49-32(4,5)6)27-22(23)11-12-25(37-7)41-27/h11-12,18-21,38H,9-10,13-17H2,1-6,8H3,(H,39,40,42)/t20-,21-/m0/s1. The molecule has 4 rings (SSSR count). The maximum Gasteiger partial charge on any atom is 0.421 e. The number of hydrogen-bond donors (Lipinski definition) is 2. The molecule has 2 atom stereocenters. The van der Waals surface area contributed by atoms with Crippen molar-refractivity contribution in [3.8, 4) is 11.3 Å². The third-order valence-corrected chi connectivity index (χ3v) is 7.41. The summed E-state index contributed by atoms with van der Waals surface area (Å²) in [5.41, 5.74) is -3.02. The number of nitrogens with one attached hydrogen (secondary N) is 2. The molecule has 0 radical (unpaired) electrons. The number of ether oxygens (including phenoxy) is 3. The molecule has 13 nitrogen and oxygen atoms in total. The van der Waals surface area contributed by atoms with E-state index < -0.39 is 40.8 Å². The lowest BCUT2D eigenvalue weighted by atomic mass is 10.1. The molecule has 1 aliphatic carbocycles. The van der Waals surface area contributed by atoms with E-state index in [4.69, 9.17) is 20.8 Å². The normalized spacial score (nSPS) is 16.8. The summed E-state index contributed by atoms with van der Waals surface area (Å²) in [6.07, 6.45) is -1.90. The quantitative estimate of drug-likeness (QED) is 0.176. The van der Waals surface area contributed by atoms with Crippen LogP contribution >= 0.6 is 0 Å². The molecule has 1 aliphatic rings. The molecule has 1 saturated carbocycles. The van der Waals surface area contributed by atoms with Crippen LogP contribution in [0.3, 0.4) is 0 Å². The molecule has 0 unspecified atom stereocenters. The summed E-state index contributed by atoms with van der Waals surface area (Å²) in [6, 6.07) is 2.85. The lowest BCUT2D eigenvalue weighted by Crippen LogP contribution is -2.36. The third kappa shape index (κ3) is 10.3. The van der Waals surface area contributed by atoms with Crippen molar-refractivity contribution >= 4 is 35.0 Å². The summed E-state index contributed by atoms with van der Waals surface area (Å²) in [5.74, 6) is -0.0280. The molecule has 0 aromatic carbocycles. The number of carbonyl (C=O) groups excluding carboxylic acids is 2. The summed E-state index contributed by atoms with van der Waals surface area (Å²) in [5, 5.41) is 6.79. The number of fused-ring (bicyclic) bond motifs is 1. The van der Waals surface area contributed by atoms with Gasteiger partial charge < -0.3 is 34.6 Å². The number of nitrogens with zero attached hydrogens (tertiary/aromatic N) is 6. The minimum atomic E-state index is -4.80. The predicted molar refractivity (Wildman–Crippen MR) is 176 cm³/mol. The van der Waals surface area contributed by atoms with Crippen LogP contribution in [0, 0.1) is 6.57 Å². The van der Waals surface area contributed by atoms with Gasteiger partial charge >= 0.3 is 18.4 Å². The molecule has 3 aromatic heterocycles. The minimum Gasteiger partial charge on any atom is -0.444 e. The van der Waals surface area contributed by atoms with Crippen LogP contribution in [0.2, 0.25) is 0 Å². The van der Waals surface area contributed by atoms with Crippen molar-refractivity contribution in [2.24, 2.45) is 0 Å². The Morgan fingerprint density at radius 2 is 1.73 bits per heavy atom. The molecular weight excluding hydrogens is 645 g/mol. The van der Waals surface area contributed by atoms with Gasteiger partial charge in [-0.3, -0.25) is 0 Å². The first-order valence-electron chi connectivity index (χ1n) is 15.9. The van der Waals surface area contributed by atoms with Gasteiger partial charge in [0.15, 0.2) is 0 Å². The number of amides is 1. The van der Waals surface area contributed by atoms with E-state index >= 15 is 0 Å².